The van der Waals surface area contributed by atoms with Gasteiger partial charge < -0.3 is 5.11 Å². The maximum absolute atomic E-state index is 12.2. The molecule has 0 aromatic carbocycles. The van der Waals surface area contributed by atoms with E-state index in [0.29, 0.717) is 4.88 Å². The molecule has 0 saturated carbocycles. The Morgan fingerprint density at radius 1 is 1.42 bits per heavy atom. The van der Waals surface area contributed by atoms with E-state index < -0.39 is 22.0 Å². The number of carboxylic acids is 1. The van der Waals surface area contributed by atoms with Crippen LogP contribution in [0, 0.1) is 19.8 Å². The van der Waals surface area contributed by atoms with Crippen molar-refractivity contribution in [2.45, 2.75) is 45.1 Å². The fourth-order valence-electron chi connectivity index (χ4n) is 1.80. The number of rotatable bonds is 6. The lowest BCUT2D eigenvalue weighted by molar-refractivity contribution is -0.139. The normalized spacial score (nSPS) is 13.7. The molecule has 0 aliphatic carbocycles. The molecule has 0 fully saturated rings. The van der Waals surface area contributed by atoms with E-state index >= 15 is 0 Å². The Balaban J connectivity index is 3.01. The smallest absolute Gasteiger partial charge is 0.321 e. The number of carboxylic acid groups (broad SMARTS) is 1. The lowest BCUT2D eigenvalue weighted by atomic mass is 10.1. The predicted molar refractivity (Wildman–Crippen MR) is 75.0 cm³/mol. The number of hydrogen-bond acceptors (Lipinski definition) is 4. The summed E-state index contributed by atoms with van der Waals surface area (Å²) in [7, 11) is -3.78. The van der Waals surface area contributed by atoms with Crippen LogP contribution in [0.1, 0.15) is 30.0 Å². The third-order valence-corrected chi connectivity index (χ3v) is 5.28. The fraction of sp³-hybridized carbons (Fsp3) is 0.583. The zero-order valence-corrected chi connectivity index (χ0v) is 13.1. The summed E-state index contributed by atoms with van der Waals surface area (Å²) in [5.41, 5.74) is 0. The van der Waals surface area contributed by atoms with Gasteiger partial charge in [-0.05, 0) is 32.3 Å². The Kier molecular flexibility index (Phi) is 5.11. The van der Waals surface area contributed by atoms with E-state index in [2.05, 4.69) is 4.72 Å². The Hall–Kier alpha value is -0.920. The number of aryl methyl sites for hydroxylation is 2. The van der Waals surface area contributed by atoms with Crippen LogP contribution in [0.5, 0.6) is 0 Å². The number of hydrogen-bond donors (Lipinski definition) is 2. The first-order chi connectivity index (χ1) is 8.63. The van der Waals surface area contributed by atoms with E-state index in [-0.39, 0.29) is 17.2 Å². The topological polar surface area (TPSA) is 83.5 Å². The predicted octanol–water partition coefficient (Wildman–Crippen LogP) is 2.14. The van der Waals surface area contributed by atoms with Crippen LogP contribution >= 0.6 is 11.3 Å². The standard InChI is InChI=1S/C12H19NO4S2/c1-7(2)5-10(12(14)15)13-19(16,17)11-6-8(3)18-9(11)4/h6-7,10,13H,5H2,1-4H3,(H,14,15). The van der Waals surface area contributed by atoms with Gasteiger partial charge in [0, 0.05) is 9.75 Å². The van der Waals surface area contributed by atoms with Gasteiger partial charge in [0.2, 0.25) is 10.0 Å². The van der Waals surface area contributed by atoms with Crippen LogP contribution in [0.15, 0.2) is 11.0 Å². The van der Waals surface area contributed by atoms with Gasteiger partial charge in [-0.1, -0.05) is 13.8 Å². The maximum atomic E-state index is 12.2. The van der Waals surface area contributed by atoms with E-state index in [1.807, 2.05) is 20.8 Å². The zero-order valence-electron chi connectivity index (χ0n) is 11.4. The molecule has 2 N–H and O–H groups in total. The van der Waals surface area contributed by atoms with Gasteiger partial charge in [-0.25, -0.2) is 8.42 Å². The first kappa shape index (κ1) is 16.1. The molecule has 108 valence electrons. The molecule has 7 heteroatoms. The molecule has 1 aromatic heterocycles. The van der Waals surface area contributed by atoms with Crippen LogP contribution in [-0.2, 0) is 14.8 Å². The number of nitrogens with one attached hydrogen (secondary N) is 1. The van der Waals surface area contributed by atoms with Crippen molar-refractivity contribution in [1.82, 2.24) is 4.72 Å². The molecule has 1 atom stereocenters. The first-order valence-electron chi connectivity index (χ1n) is 5.95. The minimum absolute atomic E-state index is 0.0918. The Morgan fingerprint density at radius 3 is 2.37 bits per heavy atom. The average Bonchev–Trinajstić information content (AvgIpc) is 2.56. The molecule has 1 unspecified atom stereocenters. The maximum Gasteiger partial charge on any atom is 0.321 e. The van der Waals surface area contributed by atoms with Crippen LogP contribution in [0.2, 0.25) is 0 Å². The van der Waals surface area contributed by atoms with E-state index in [4.69, 9.17) is 5.11 Å². The summed E-state index contributed by atoms with van der Waals surface area (Å²) < 4.78 is 26.7. The summed E-state index contributed by atoms with van der Waals surface area (Å²) in [5.74, 6) is -1.06. The van der Waals surface area contributed by atoms with E-state index in [9.17, 15) is 13.2 Å². The minimum Gasteiger partial charge on any atom is -0.480 e. The molecule has 1 aromatic rings. The summed E-state index contributed by atoms with van der Waals surface area (Å²) in [6.45, 7) is 7.23. The largest absolute Gasteiger partial charge is 0.480 e. The average molecular weight is 305 g/mol. The van der Waals surface area contributed by atoms with Crippen LogP contribution in [0.4, 0.5) is 0 Å². The van der Waals surface area contributed by atoms with Crippen molar-refractivity contribution in [2.24, 2.45) is 5.92 Å². The number of carbonyl (C=O) groups is 1. The van der Waals surface area contributed by atoms with Crippen molar-refractivity contribution in [1.29, 1.82) is 0 Å². The molecule has 0 radical (unpaired) electrons. The van der Waals surface area contributed by atoms with Gasteiger partial charge in [0.15, 0.2) is 0 Å². The molecule has 0 amide bonds. The molecule has 0 bridgehead atoms. The van der Waals surface area contributed by atoms with Gasteiger partial charge in [-0.2, -0.15) is 4.72 Å². The number of thiophene rings is 1. The fourth-order valence-corrected chi connectivity index (χ4v) is 4.55. The zero-order chi connectivity index (χ0) is 14.8. The molecule has 0 aliphatic heterocycles. The van der Waals surface area contributed by atoms with Gasteiger partial charge in [-0.3, -0.25) is 4.79 Å². The van der Waals surface area contributed by atoms with Crippen LogP contribution in [0.3, 0.4) is 0 Å². The lowest BCUT2D eigenvalue weighted by Crippen LogP contribution is -2.41. The van der Waals surface area contributed by atoms with E-state index in [0.717, 1.165) is 4.88 Å². The molecular formula is C12H19NO4S2. The summed E-state index contributed by atoms with van der Waals surface area (Å²) in [6, 6.07) is 0.473. The Bertz CT molecular complexity index is 560. The van der Waals surface area contributed by atoms with Crippen molar-refractivity contribution >= 4 is 27.3 Å². The molecule has 1 heterocycles. The highest BCUT2D eigenvalue weighted by Crippen LogP contribution is 2.25. The van der Waals surface area contributed by atoms with Gasteiger partial charge in [0.1, 0.15) is 6.04 Å². The van der Waals surface area contributed by atoms with Crippen molar-refractivity contribution in [3.8, 4) is 0 Å². The molecule has 5 nitrogen and oxygen atoms in total. The summed E-state index contributed by atoms with van der Waals surface area (Å²) >= 11 is 1.38. The third kappa shape index (κ3) is 4.29. The quantitative estimate of drug-likeness (QED) is 0.843. The van der Waals surface area contributed by atoms with E-state index in [1.165, 1.54) is 11.3 Å². The molecule has 19 heavy (non-hydrogen) atoms. The molecule has 0 aliphatic rings. The van der Waals surface area contributed by atoms with Crippen molar-refractivity contribution in [3.63, 3.8) is 0 Å². The first-order valence-corrected chi connectivity index (χ1v) is 8.25. The van der Waals surface area contributed by atoms with Crippen LogP contribution < -0.4 is 4.72 Å². The Labute approximate surface area is 117 Å². The molecule has 1 rings (SSSR count). The lowest BCUT2D eigenvalue weighted by Gasteiger charge is -2.16. The van der Waals surface area contributed by atoms with Gasteiger partial charge in [0.05, 0.1) is 4.90 Å². The van der Waals surface area contributed by atoms with Crippen molar-refractivity contribution in [2.75, 3.05) is 0 Å². The number of sulfonamides is 1. The van der Waals surface area contributed by atoms with Gasteiger partial charge >= 0.3 is 5.97 Å². The highest BCUT2D eigenvalue weighted by molar-refractivity contribution is 7.89. The second-order valence-corrected chi connectivity index (χ2v) is 8.06. The second-order valence-electron chi connectivity index (χ2n) is 4.92. The van der Waals surface area contributed by atoms with Gasteiger partial charge in [-0.15, -0.1) is 11.3 Å². The van der Waals surface area contributed by atoms with Crippen LogP contribution in [-0.4, -0.2) is 25.5 Å². The van der Waals surface area contributed by atoms with Gasteiger partial charge in [0.25, 0.3) is 0 Å². The summed E-state index contributed by atoms with van der Waals surface area (Å²) in [5, 5.41) is 9.08. The highest BCUT2D eigenvalue weighted by atomic mass is 32.2. The van der Waals surface area contributed by atoms with E-state index in [1.54, 1.807) is 13.0 Å². The SMILES string of the molecule is Cc1cc(S(=O)(=O)NC(CC(C)C)C(=O)O)c(C)s1. The van der Waals surface area contributed by atoms with Crippen molar-refractivity contribution in [3.05, 3.63) is 15.8 Å². The summed E-state index contributed by atoms with van der Waals surface area (Å²) in [4.78, 5) is 12.8. The molecular weight excluding hydrogens is 286 g/mol. The second kappa shape index (κ2) is 6.02. The highest BCUT2D eigenvalue weighted by Gasteiger charge is 2.27. The summed E-state index contributed by atoms with van der Waals surface area (Å²) in [6.07, 6.45) is 0.261. The molecule has 0 spiro atoms. The minimum atomic E-state index is -3.78. The molecule has 0 saturated heterocycles. The van der Waals surface area contributed by atoms with Crippen molar-refractivity contribution < 1.29 is 18.3 Å². The monoisotopic (exact) mass is 305 g/mol. The third-order valence-electron chi connectivity index (χ3n) is 2.59. The number of aliphatic carboxylic acids is 1. The Morgan fingerprint density at radius 2 is 2.00 bits per heavy atom. The van der Waals surface area contributed by atoms with Crippen LogP contribution in [0.25, 0.3) is 0 Å².